The number of urea groups is 2. The SMILES string of the molecule is CC(C)(C)OC(=O)N1CC[C@@H](OC2CCN(CCn3cccc(CN4CCC(=O)NC4=O)c3=O)CC2)[C@H](F)C1.COc1cc(-c2cn(C)c(=O)c3cnccc23)c(OC)cc1C=O.COc1cc(-c2cn(C)c(=O)c3cnccc23)c(OC)cc1CN1CC[C@@H](OC2CCN(CCn3cccc(CN4CCC(=O)NC4=O)c3=O)CC2)[C@H](F)C1. The van der Waals surface area contributed by atoms with E-state index in [1.165, 1.54) is 38.1 Å². The number of piperidine rings is 4. The van der Waals surface area contributed by atoms with Crippen LogP contribution in [0.4, 0.5) is 23.2 Å². The van der Waals surface area contributed by atoms with Gasteiger partial charge in [-0.1, -0.05) is 12.1 Å². The second kappa shape index (κ2) is 38.9. The van der Waals surface area contributed by atoms with Crippen molar-refractivity contribution in [2.45, 2.75) is 147 Å². The molecule has 0 spiro atoms. The number of aromatic nitrogens is 6. The molecule has 8 aromatic rings. The summed E-state index contributed by atoms with van der Waals surface area (Å²) in [6.07, 6.45) is 14.8. The van der Waals surface area contributed by atoms with Gasteiger partial charge in [0.15, 0.2) is 6.29 Å². The molecule has 0 radical (unpaired) electrons. The van der Waals surface area contributed by atoms with E-state index in [1.54, 1.807) is 144 Å². The number of carbonyl (C=O) groups is 6. The standard InChI is InChI=1S/C40H48FN7O7.C27H40FN5O6.C18H16N2O4/c1-44-24-32(29-6-11-42-21-31(29)39(44)51)30-20-35(53-2)27(19-36(30)54-3)22-46-15-9-34(33(41)25-46)55-28-7-13-45(14-8-28)17-18-47-12-4-5-26(38(47)50)23-48-16-10-37(49)43-40(48)52;1-27(2,3)39-26(37)33-13-8-22(21(28)18-33)38-20-6-11-30(12-7-20)15-16-31-10-4-5-19(24(31)35)17-32-14-9-23(34)29-25(32)36;1-20-9-15(12-4-5-19-8-14(12)18(20)22)13-7-16(23-2)11(10-21)6-17(13)24-3/h4-6,11-12,19-21,24,28,33-34H,7-10,13-18,22-23,25H2,1-3H3,(H,43,49,52);4-5,10,20-22H,6-9,11-18H2,1-3H3,(H,29,34,36);4-10H,1-3H3/t33-,34-;21-,22-;/m11./s1. The Kier molecular flexibility index (Phi) is 28.4. The Labute approximate surface area is 681 Å². The summed E-state index contributed by atoms with van der Waals surface area (Å²) < 4.78 is 77.1. The van der Waals surface area contributed by atoms with E-state index in [1.807, 2.05) is 24.3 Å². The molecule has 14 rings (SSSR count). The monoisotopic (exact) mass is 1630 g/mol. The van der Waals surface area contributed by atoms with Crippen LogP contribution in [0, 0.1) is 0 Å². The number of imide groups is 2. The fraction of sp³-hybridized carbons (Fsp3) is 0.482. The van der Waals surface area contributed by atoms with Gasteiger partial charge in [-0.3, -0.25) is 59.1 Å². The first kappa shape index (κ1) is 86.1. The number of fused-ring (bicyclic) bond motifs is 2. The predicted molar refractivity (Wildman–Crippen MR) is 436 cm³/mol. The van der Waals surface area contributed by atoms with E-state index in [-0.39, 0.29) is 91.8 Å². The highest BCUT2D eigenvalue weighted by Gasteiger charge is 2.38. The van der Waals surface area contributed by atoms with Crippen LogP contribution >= 0.6 is 0 Å². The Bertz CT molecular complexity index is 5230. The van der Waals surface area contributed by atoms with Crippen LogP contribution < -0.4 is 51.8 Å². The van der Waals surface area contributed by atoms with Crippen molar-refractivity contribution >= 4 is 57.8 Å². The van der Waals surface area contributed by atoms with E-state index >= 15 is 4.39 Å². The van der Waals surface area contributed by atoms with Crippen LogP contribution in [-0.2, 0) is 70.6 Å². The van der Waals surface area contributed by atoms with Gasteiger partial charge in [-0.2, -0.15) is 0 Å². The number of ether oxygens (including phenoxy) is 7. The normalized spacial score (nSPS) is 19.4. The number of halogens is 2. The van der Waals surface area contributed by atoms with Crippen LogP contribution in [0.1, 0.15) is 99.2 Å². The summed E-state index contributed by atoms with van der Waals surface area (Å²) in [4.78, 5) is 141. The molecule has 33 heteroatoms. The molecular weight excluding hydrogens is 1530 g/mol. The summed E-state index contributed by atoms with van der Waals surface area (Å²) >= 11 is 0. The van der Waals surface area contributed by atoms with Crippen LogP contribution in [0.25, 0.3) is 43.8 Å². The lowest BCUT2D eigenvalue weighted by Gasteiger charge is -2.39. The molecule has 4 atom stereocenters. The van der Waals surface area contributed by atoms with E-state index in [0.717, 1.165) is 90.5 Å². The minimum absolute atomic E-state index is 0.0210. The molecule has 6 saturated heterocycles. The molecule has 2 N–H and O–H groups in total. The lowest BCUT2D eigenvalue weighted by atomic mass is 9.98. The number of benzene rings is 2. The van der Waals surface area contributed by atoms with Crippen molar-refractivity contribution in [2.24, 2.45) is 14.1 Å². The average molecular weight is 1630 g/mol. The Morgan fingerprint density at radius 3 is 1.39 bits per heavy atom. The minimum Gasteiger partial charge on any atom is -0.496 e. The number of alkyl halides is 2. The molecule has 6 aliphatic rings. The molecule has 118 heavy (non-hydrogen) atoms. The number of nitrogens with one attached hydrogen (secondary N) is 2. The second-order valence-corrected chi connectivity index (χ2v) is 31.4. The second-order valence-electron chi connectivity index (χ2n) is 31.4. The van der Waals surface area contributed by atoms with Crippen molar-refractivity contribution in [1.82, 2.24) is 68.3 Å². The van der Waals surface area contributed by atoms with Gasteiger partial charge in [-0.25, -0.2) is 23.2 Å². The maximum atomic E-state index is 15.7. The lowest BCUT2D eigenvalue weighted by molar-refractivity contribution is -0.122. The zero-order valence-electron chi connectivity index (χ0n) is 68.2. The minimum atomic E-state index is -1.25. The molecule has 6 aromatic heterocycles. The van der Waals surface area contributed by atoms with Gasteiger partial charge in [-0.05, 0) is 119 Å². The summed E-state index contributed by atoms with van der Waals surface area (Å²) in [5.41, 5.74) is 4.23. The van der Waals surface area contributed by atoms with Crippen LogP contribution in [-0.4, -0.2) is 243 Å². The van der Waals surface area contributed by atoms with Gasteiger partial charge in [0.25, 0.3) is 22.2 Å². The first-order valence-corrected chi connectivity index (χ1v) is 39.8. The zero-order valence-corrected chi connectivity index (χ0v) is 68.2. The molecule has 0 saturated carbocycles. The van der Waals surface area contributed by atoms with Crippen LogP contribution in [0.5, 0.6) is 23.0 Å². The number of hydrogen-bond acceptors (Lipinski definition) is 22. The third kappa shape index (κ3) is 21.0. The highest BCUT2D eigenvalue weighted by atomic mass is 19.1. The van der Waals surface area contributed by atoms with Gasteiger partial charge >= 0.3 is 18.2 Å². The molecule has 12 heterocycles. The number of hydrogen-bond donors (Lipinski definition) is 2. The molecule has 2 aromatic carbocycles. The lowest BCUT2D eigenvalue weighted by Crippen LogP contribution is -2.51. The number of methoxy groups -OCH3 is 4. The Morgan fingerprint density at radius 1 is 0.500 bits per heavy atom. The summed E-state index contributed by atoms with van der Waals surface area (Å²) in [6, 6.07) is 16.9. The number of likely N-dealkylation sites (tertiary alicyclic amines) is 4. The quantitative estimate of drug-likeness (QED) is 0.0575. The third-order valence-electron chi connectivity index (χ3n) is 22.2. The Hall–Kier alpha value is -11.3. The number of carbonyl (C=O) groups excluding carboxylic acids is 6. The fourth-order valence-electron chi connectivity index (χ4n) is 15.8. The van der Waals surface area contributed by atoms with Gasteiger partial charge in [-0.15, -0.1) is 0 Å². The molecule has 6 aliphatic heterocycles. The van der Waals surface area contributed by atoms with Crippen molar-refractivity contribution < 1.29 is 70.7 Å². The predicted octanol–water partition coefficient (Wildman–Crippen LogP) is 7.86. The Balaban J connectivity index is 0.000000176. The van der Waals surface area contributed by atoms with Crippen molar-refractivity contribution in [2.75, 3.05) is 107 Å². The highest BCUT2D eigenvalue weighted by Crippen LogP contribution is 2.41. The van der Waals surface area contributed by atoms with Gasteiger partial charge in [0, 0.05) is 207 Å². The molecule has 7 amide bonds. The summed E-state index contributed by atoms with van der Waals surface area (Å²) in [5, 5.41) is 7.12. The molecule has 0 aliphatic carbocycles. The molecular formula is C85H104F2N14O17. The van der Waals surface area contributed by atoms with E-state index in [0.29, 0.717) is 122 Å². The summed E-state index contributed by atoms with van der Waals surface area (Å²) in [5.74, 6) is 1.63. The maximum absolute atomic E-state index is 15.7. The van der Waals surface area contributed by atoms with Gasteiger partial charge in [0.05, 0.1) is 88.8 Å². The molecule has 0 bridgehead atoms. The van der Waals surface area contributed by atoms with Gasteiger partial charge < -0.3 is 75.9 Å². The third-order valence-corrected chi connectivity index (χ3v) is 22.2. The highest BCUT2D eigenvalue weighted by molar-refractivity contribution is 6.00. The zero-order chi connectivity index (χ0) is 84.1. The van der Waals surface area contributed by atoms with Crippen molar-refractivity contribution in [1.29, 1.82) is 0 Å². The number of amides is 7. The van der Waals surface area contributed by atoms with E-state index < -0.39 is 48.3 Å². The molecule has 0 unspecified atom stereocenters. The van der Waals surface area contributed by atoms with Gasteiger partial charge in [0.1, 0.15) is 40.9 Å². The summed E-state index contributed by atoms with van der Waals surface area (Å²) in [7, 11) is 9.65. The molecule has 630 valence electrons. The average Bonchev–Trinajstić information content (AvgIpc) is 0.767. The van der Waals surface area contributed by atoms with E-state index in [4.69, 9.17) is 33.2 Å². The van der Waals surface area contributed by atoms with Gasteiger partial charge in [0.2, 0.25) is 11.8 Å². The fourth-order valence-corrected chi connectivity index (χ4v) is 15.8. The van der Waals surface area contributed by atoms with Crippen molar-refractivity contribution in [3.8, 4) is 45.3 Å². The first-order chi connectivity index (χ1) is 56.7. The maximum Gasteiger partial charge on any atom is 0.410 e. The Morgan fingerprint density at radius 2 is 0.949 bits per heavy atom. The smallest absolute Gasteiger partial charge is 0.410 e. The van der Waals surface area contributed by atoms with Crippen molar-refractivity contribution in [3.05, 3.63) is 174 Å². The van der Waals surface area contributed by atoms with Crippen LogP contribution in [0.15, 0.2) is 129 Å². The number of aldehydes is 1. The number of pyridine rings is 6. The van der Waals surface area contributed by atoms with Crippen LogP contribution in [0.3, 0.4) is 0 Å². The topological polar surface area (TPSA) is 324 Å². The van der Waals surface area contributed by atoms with Crippen LogP contribution in [0.2, 0.25) is 0 Å². The largest absolute Gasteiger partial charge is 0.496 e. The van der Waals surface area contributed by atoms with E-state index in [9.17, 15) is 52.3 Å². The van der Waals surface area contributed by atoms with Crippen molar-refractivity contribution in [3.63, 3.8) is 0 Å². The first-order valence-electron chi connectivity index (χ1n) is 39.8. The molecule has 31 nitrogen and oxygen atoms in total. The summed E-state index contributed by atoms with van der Waals surface area (Å²) in [6.45, 7) is 13.6. The number of nitrogens with zero attached hydrogens (tertiary/aromatic N) is 12. The molecule has 6 fully saturated rings. The van der Waals surface area contributed by atoms with E-state index in [2.05, 4.69) is 35.3 Å². The number of aryl methyl sites for hydroxylation is 2. The number of rotatable bonds is 23.